The molecular formula is C14H19N3O2S2. The third-order valence-corrected chi connectivity index (χ3v) is 6.13. The monoisotopic (exact) mass is 325 g/mol. The van der Waals surface area contributed by atoms with Crippen LogP contribution in [0.3, 0.4) is 0 Å². The molecule has 0 aliphatic rings. The van der Waals surface area contributed by atoms with Gasteiger partial charge in [-0.15, -0.1) is 11.3 Å². The van der Waals surface area contributed by atoms with Crippen LogP contribution >= 0.6 is 11.3 Å². The number of hydrogen-bond acceptors (Lipinski definition) is 5. The Balaban J connectivity index is 2.29. The molecule has 2 rings (SSSR count). The summed E-state index contributed by atoms with van der Waals surface area (Å²) in [5.41, 5.74) is 0.744. The highest BCUT2D eigenvalue weighted by atomic mass is 32.2. The SMILES string of the molecule is CCN(Cc1ccccn1)S(=O)(=O)c1ccsc1CNC. The first-order valence-corrected chi connectivity index (χ1v) is 9.02. The molecule has 1 N–H and O–H groups in total. The predicted octanol–water partition coefficient (Wildman–Crippen LogP) is 2.07. The highest BCUT2D eigenvalue weighted by molar-refractivity contribution is 7.89. The van der Waals surface area contributed by atoms with Crippen molar-refractivity contribution >= 4 is 21.4 Å². The zero-order valence-electron chi connectivity index (χ0n) is 12.1. The number of sulfonamides is 1. The Morgan fingerprint density at radius 1 is 1.33 bits per heavy atom. The molecule has 2 heterocycles. The number of rotatable bonds is 7. The number of pyridine rings is 1. The Morgan fingerprint density at radius 2 is 2.14 bits per heavy atom. The molecule has 0 radical (unpaired) electrons. The highest BCUT2D eigenvalue weighted by Crippen LogP contribution is 2.25. The van der Waals surface area contributed by atoms with E-state index in [0.29, 0.717) is 18.0 Å². The molecule has 0 saturated carbocycles. The Kier molecular flexibility index (Phi) is 5.46. The van der Waals surface area contributed by atoms with Gasteiger partial charge in [0.1, 0.15) is 0 Å². The number of aromatic nitrogens is 1. The van der Waals surface area contributed by atoms with Gasteiger partial charge in [0.05, 0.1) is 17.1 Å². The van der Waals surface area contributed by atoms with Crippen molar-refractivity contribution in [3.05, 3.63) is 46.4 Å². The van der Waals surface area contributed by atoms with E-state index in [1.165, 1.54) is 15.6 Å². The van der Waals surface area contributed by atoms with Crippen molar-refractivity contribution in [1.29, 1.82) is 0 Å². The molecule has 0 aliphatic heterocycles. The van der Waals surface area contributed by atoms with Gasteiger partial charge in [0.15, 0.2) is 0 Å². The van der Waals surface area contributed by atoms with Crippen LogP contribution in [-0.4, -0.2) is 31.3 Å². The van der Waals surface area contributed by atoms with Crippen LogP contribution in [0.4, 0.5) is 0 Å². The van der Waals surface area contributed by atoms with Gasteiger partial charge in [-0.25, -0.2) is 8.42 Å². The molecule has 0 saturated heterocycles. The fraction of sp³-hybridized carbons (Fsp3) is 0.357. The Hall–Kier alpha value is -1.28. The topological polar surface area (TPSA) is 62.3 Å². The van der Waals surface area contributed by atoms with E-state index in [1.807, 2.05) is 37.6 Å². The van der Waals surface area contributed by atoms with E-state index in [1.54, 1.807) is 12.3 Å². The summed E-state index contributed by atoms with van der Waals surface area (Å²) in [7, 11) is -1.69. The van der Waals surface area contributed by atoms with Crippen LogP contribution in [0.15, 0.2) is 40.7 Å². The van der Waals surface area contributed by atoms with Gasteiger partial charge in [0.2, 0.25) is 10.0 Å². The van der Waals surface area contributed by atoms with Gasteiger partial charge in [-0.1, -0.05) is 13.0 Å². The standard InChI is InChI=1S/C14H19N3O2S2/c1-3-17(11-12-6-4-5-8-16-12)21(18,19)14-7-9-20-13(14)10-15-2/h4-9,15H,3,10-11H2,1-2H3. The average Bonchev–Trinajstić information content (AvgIpc) is 2.95. The molecule has 0 amide bonds. The lowest BCUT2D eigenvalue weighted by Gasteiger charge is -2.20. The van der Waals surface area contributed by atoms with E-state index in [-0.39, 0.29) is 6.54 Å². The highest BCUT2D eigenvalue weighted by Gasteiger charge is 2.26. The van der Waals surface area contributed by atoms with Crippen molar-refractivity contribution in [2.24, 2.45) is 0 Å². The fourth-order valence-electron chi connectivity index (χ4n) is 2.03. The van der Waals surface area contributed by atoms with E-state index >= 15 is 0 Å². The van der Waals surface area contributed by atoms with E-state index < -0.39 is 10.0 Å². The molecule has 2 aromatic heterocycles. The second-order valence-electron chi connectivity index (χ2n) is 4.49. The number of hydrogen-bond donors (Lipinski definition) is 1. The van der Waals surface area contributed by atoms with Gasteiger partial charge in [0, 0.05) is 24.2 Å². The minimum atomic E-state index is -3.50. The van der Waals surface area contributed by atoms with Crippen LogP contribution in [-0.2, 0) is 23.1 Å². The van der Waals surface area contributed by atoms with Crippen LogP contribution in [0.5, 0.6) is 0 Å². The van der Waals surface area contributed by atoms with Crippen LogP contribution in [0.2, 0.25) is 0 Å². The van der Waals surface area contributed by atoms with Crippen LogP contribution < -0.4 is 5.32 Å². The van der Waals surface area contributed by atoms with Crippen molar-refractivity contribution in [2.45, 2.75) is 24.9 Å². The van der Waals surface area contributed by atoms with Gasteiger partial charge in [-0.05, 0) is 30.6 Å². The molecule has 0 spiro atoms. The molecule has 0 aliphatic carbocycles. The number of nitrogens with one attached hydrogen (secondary N) is 1. The molecule has 114 valence electrons. The molecule has 0 atom stereocenters. The van der Waals surface area contributed by atoms with Gasteiger partial charge in [-0.2, -0.15) is 4.31 Å². The number of thiophene rings is 1. The van der Waals surface area contributed by atoms with Crippen LogP contribution in [0, 0.1) is 0 Å². The summed E-state index contributed by atoms with van der Waals surface area (Å²) in [6.07, 6.45) is 1.67. The van der Waals surface area contributed by atoms with Crippen molar-refractivity contribution in [3.63, 3.8) is 0 Å². The summed E-state index contributed by atoms with van der Waals surface area (Å²) >= 11 is 1.45. The van der Waals surface area contributed by atoms with E-state index in [4.69, 9.17) is 0 Å². The van der Waals surface area contributed by atoms with E-state index in [0.717, 1.165) is 10.6 Å². The first-order chi connectivity index (χ1) is 10.1. The Labute approximate surface area is 129 Å². The van der Waals surface area contributed by atoms with Crippen molar-refractivity contribution < 1.29 is 8.42 Å². The third kappa shape index (κ3) is 3.68. The molecule has 0 bridgehead atoms. The maximum Gasteiger partial charge on any atom is 0.244 e. The molecule has 21 heavy (non-hydrogen) atoms. The van der Waals surface area contributed by atoms with Gasteiger partial charge in [-0.3, -0.25) is 4.98 Å². The zero-order valence-corrected chi connectivity index (χ0v) is 13.7. The Bertz CT molecular complexity index is 669. The first kappa shape index (κ1) is 16.1. The lowest BCUT2D eigenvalue weighted by molar-refractivity contribution is 0.418. The van der Waals surface area contributed by atoms with Gasteiger partial charge >= 0.3 is 0 Å². The van der Waals surface area contributed by atoms with Crippen molar-refractivity contribution in [1.82, 2.24) is 14.6 Å². The molecule has 0 fully saturated rings. The summed E-state index contributed by atoms with van der Waals surface area (Å²) in [6.45, 7) is 3.08. The molecule has 7 heteroatoms. The fourth-order valence-corrected chi connectivity index (χ4v) is 4.87. The van der Waals surface area contributed by atoms with Crippen molar-refractivity contribution in [3.8, 4) is 0 Å². The van der Waals surface area contributed by atoms with E-state index in [9.17, 15) is 8.42 Å². The zero-order chi connectivity index (χ0) is 15.3. The second kappa shape index (κ2) is 7.13. The average molecular weight is 325 g/mol. The lowest BCUT2D eigenvalue weighted by Crippen LogP contribution is -2.31. The van der Waals surface area contributed by atoms with E-state index in [2.05, 4.69) is 10.3 Å². The maximum absolute atomic E-state index is 12.8. The van der Waals surface area contributed by atoms with Gasteiger partial charge in [0.25, 0.3) is 0 Å². The minimum absolute atomic E-state index is 0.286. The van der Waals surface area contributed by atoms with Gasteiger partial charge < -0.3 is 5.32 Å². The third-order valence-electron chi connectivity index (χ3n) is 3.08. The maximum atomic E-state index is 12.8. The molecular weight excluding hydrogens is 306 g/mol. The molecule has 0 unspecified atom stereocenters. The summed E-state index contributed by atoms with van der Waals surface area (Å²) in [5, 5.41) is 4.82. The Morgan fingerprint density at radius 3 is 2.76 bits per heavy atom. The second-order valence-corrected chi connectivity index (χ2v) is 7.40. The number of nitrogens with zero attached hydrogens (tertiary/aromatic N) is 2. The van der Waals surface area contributed by atoms with Crippen LogP contribution in [0.1, 0.15) is 17.5 Å². The lowest BCUT2D eigenvalue weighted by atomic mass is 10.3. The summed E-state index contributed by atoms with van der Waals surface area (Å²) in [5.74, 6) is 0. The smallest absolute Gasteiger partial charge is 0.244 e. The molecule has 5 nitrogen and oxygen atoms in total. The quantitative estimate of drug-likeness (QED) is 0.846. The molecule has 2 aromatic rings. The summed E-state index contributed by atoms with van der Waals surface area (Å²) < 4.78 is 27.1. The summed E-state index contributed by atoms with van der Waals surface area (Å²) in [6, 6.07) is 7.19. The normalized spacial score (nSPS) is 12.0. The largest absolute Gasteiger partial charge is 0.315 e. The predicted molar refractivity (Wildman–Crippen MR) is 84.6 cm³/mol. The summed E-state index contributed by atoms with van der Waals surface area (Å²) in [4.78, 5) is 5.42. The first-order valence-electron chi connectivity index (χ1n) is 6.70. The minimum Gasteiger partial charge on any atom is -0.315 e. The van der Waals surface area contributed by atoms with Crippen LogP contribution in [0.25, 0.3) is 0 Å². The molecule has 0 aromatic carbocycles. The van der Waals surface area contributed by atoms with Crippen molar-refractivity contribution in [2.75, 3.05) is 13.6 Å².